The van der Waals surface area contributed by atoms with E-state index in [-0.39, 0.29) is 10.8 Å². The molecule has 1 aromatic rings. The molecular formula is C4O4. The van der Waals surface area contributed by atoms with Crippen molar-refractivity contribution in [2.75, 3.05) is 0 Å². The van der Waals surface area contributed by atoms with Gasteiger partial charge in [-0.25, -0.2) is 9.59 Å². The molecule has 0 saturated carbocycles. The van der Waals surface area contributed by atoms with E-state index in [9.17, 15) is 9.59 Å². The molecule has 0 aliphatic rings. The lowest BCUT2D eigenvalue weighted by Crippen LogP contribution is -2.31. The van der Waals surface area contributed by atoms with Crippen molar-refractivity contribution in [3.05, 3.63) is 10.8 Å². The molecule has 1 aromatic heterocycles. The van der Waals surface area contributed by atoms with Crippen LogP contribution in [0.5, 0.6) is 0 Å². The second-order valence-electron chi connectivity index (χ2n) is 1.03. The van der Waals surface area contributed by atoms with Gasteiger partial charge in [-0.2, -0.15) is 0 Å². The molecule has 0 amide bonds. The first kappa shape index (κ1) is 4.65. The summed E-state index contributed by atoms with van der Waals surface area (Å²) in [5.74, 6) is 2.64. The van der Waals surface area contributed by atoms with Gasteiger partial charge in [-0.1, -0.05) is 0 Å². The molecule has 0 aliphatic carbocycles. The van der Waals surface area contributed by atoms with E-state index in [0.717, 1.165) is 0 Å². The monoisotopic (exact) mass is 112 g/mol. The van der Waals surface area contributed by atoms with Gasteiger partial charge >= 0.3 is 10.8 Å². The van der Waals surface area contributed by atoms with Gasteiger partial charge in [0.05, 0.1) is 0 Å². The summed E-state index contributed by atoms with van der Waals surface area (Å²) < 4.78 is 7.95. The SMILES string of the molecule is O=C=c1ooc1=C=O. The lowest BCUT2D eigenvalue weighted by atomic mass is 10.7. The molecule has 0 aliphatic heterocycles. The van der Waals surface area contributed by atoms with Crippen LogP contribution in [0.15, 0.2) is 9.15 Å². The molecule has 0 N–H and O–H groups in total. The van der Waals surface area contributed by atoms with Gasteiger partial charge in [-0.05, 0) is 0 Å². The van der Waals surface area contributed by atoms with E-state index < -0.39 is 0 Å². The van der Waals surface area contributed by atoms with Crippen LogP contribution in [-0.2, 0) is 9.59 Å². The number of hydrogen-bond acceptors (Lipinski definition) is 4. The van der Waals surface area contributed by atoms with Gasteiger partial charge in [0.1, 0.15) is 0 Å². The fourth-order valence-electron chi connectivity index (χ4n) is 0.252. The van der Waals surface area contributed by atoms with Crippen LogP contribution in [0.3, 0.4) is 0 Å². The average Bonchev–Trinajstić information content (AvgIpc) is 1.66. The molecule has 0 bridgehead atoms. The molecule has 40 valence electrons. The fourth-order valence-corrected chi connectivity index (χ4v) is 0.252. The number of rotatable bonds is 0. The first-order valence-electron chi connectivity index (χ1n) is 1.73. The summed E-state index contributed by atoms with van der Waals surface area (Å²) >= 11 is 0. The zero-order valence-corrected chi connectivity index (χ0v) is 3.63. The van der Waals surface area contributed by atoms with E-state index in [1.165, 1.54) is 11.9 Å². The summed E-state index contributed by atoms with van der Waals surface area (Å²) in [6.07, 6.45) is 0. The van der Waals surface area contributed by atoms with Gasteiger partial charge in [-0.15, -0.1) is 0 Å². The van der Waals surface area contributed by atoms with Gasteiger partial charge in [0.2, 0.25) is 0 Å². The Morgan fingerprint density at radius 1 is 1.00 bits per heavy atom. The van der Waals surface area contributed by atoms with Gasteiger partial charge in [0.25, 0.3) is 0 Å². The largest absolute Gasteiger partial charge is 0.319 e. The van der Waals surface area contributed by atoms with Crippen molar-refractivity contribution in [1.29, 1.82) is 0 Å². The smallest absolute Gasteiger partial charge is 0.272 e. The minimum absolute atomic E-state index is 0.222. The first-order chi connectivity index (χ1) is 3.88. The molecular weight excluding hydrogens is 112 g/mol. The number of carbonyl (C=O) groups excluding carboxylic acids is 2. The highest BCUT2D eigenvalue weighted by Crippen LogP contribution is 1.53. The normalized spacial score (nSPS) is 8.00. The first-order valence-corrected chi connectivity index (χ1v) is 1.73. The Hall–Kier alpha value is -1.50. The van der Waals surface area contributed by atoms with Crippen LogP contribution in [0.25, 0.3) is 0 Å². The number of hydrogen-bond donors (Lipinski definition) is 0. The third kappa shape index (κ3) is 0.417. The Morgan fingerprint density at radius 3 is 1.50 bits per heavy atom. The Labute approximate surface area is 42.6 Å². The van der Waals surface area contributed by atoms with Gasteiger partial charge in [0.15, 0.2) is 11.9 Å². The maximum atomic E-state index is 9.59. The van der Waals surface area contributed by atoms with Gasteiger partial charge < -0.3 is 0 Å². The average molecular weight is 112 g/mol. The van der Waals surface area contributed by atoms with Crippen molar-refractivity contribution >= 4 is 11.9 Å². The quantitative estimate of drug-likeness (QED) is 0.360. The van der Waals surface area contributed by atoms with Crippen LogP contribution >= 0.6 is 0 Å². The Balaban J connectivity index is 3.74. The Kier molecular flexibility index (Phi) is 0.897. The molecule has 1 rings (SSSR count). The van der Waals surface area contributed by atoms with Crippen LogP contribution in [0.1, 0.15) is 0 Å². The molecule has 0 unspecified atom stereocenters. The summed E-state index contributed by atoms with van der Waals surface area (Å²) in [6.45, 7) is 0. The maximum Gasteiger partial charge on any atom is 0.319 e. The lowest BCUT2D eigenvalue weighted by Gasteiger charge is -1.77. The summed E-state index contributed by atoms with van der Waals surface area (Å²) in [7, 11) is 0. The molecule has 8 heavy (non-hydrogen) atoms. The third-order valence-corrected chi connectivity index (χ3v) is 0.600. The molecule has 0 aromatic carbocycles. The predicted molar refractivity (Wildman–Crippen MR) is 19.8 cm³/mol. The van der Waals surface area contributed by atoms with E-state index in [0.29, 0.717) is 0 Å². The van der Waals surface area contributed by atoms with E-state index >= 15 is 0 Å². The maximum absolute atomic E-state index is 9.59. The van der Waals surface area contributed by atoms with E-state index in [1.54, 1.807) is 0 Å². The van der Waals surface area contributed by atoms with Crippen LogP contribution in [0.4, 0.5) is 0 Å². The molecule has 0 atom stereocenters. The highest BCUT2D eigenvalue weighted by atomic mass is 17.0. The molecule has 0 spiro atoms. The van der Waals surface area contributed by atoms with Crippen molar-refractivity contribution in [2.24, 2.45) is 0 Å². The molecule has 4 nitrogen and oxygen atoms in total. The summed E-state index contributed by atoms with van der Waals surface area (Å²) in [5, 5.41) is 0. The van der Waals surface area contributed by atoms with E-state index in [4.69, 9.17) is 0 Å². The van der Waals surface area contributed by atoms with Crippen molar-refractivity contribution in [1.82, 2.24) is 0 Å². The Morgan fingerprint density at radius 2 is 1.38 bits per heavy atom. The van der Waals surface area contributed by atoms with Gasteiger partial charge in [0, 0.05) is 0 Å². The standard InChI is InChI=1S/C4O4/c5-1-3-4(2-6)8-7-3. The van der Waals surface area contributed by atoms with Crippen LogP contribution < -0.4 is 10.8 Å². The van der Waals surface area contributed by atoms with E-state index in [2.05, 4.69) is 9.15 Å². The van der Waals surface area contributed by atoms with Crippen LogP contribution in [-0.4, -0.2) is 11.9 Å². The molecule has 1 heterocycles. The van der Waals surface area contributed by atoms with Gasteiger partial charge in [-0.3, -0.25) is 9.15 Å². The van der Waals surface area contributed by atoms with Crippen molar-refractivity contribution in [3.8, 4) is 0 Å². The van der Waals surface area contributed by atoms with Crippen LogP contribution in [0.2, 0.25) is 0 Å². The third-order valence-electron chi connectivity index (χ3n) is 0.600. The summed E-state index contributed by atoms with van der Waals surface area (Å²) in [6, 6.07) is 0. The van der Waals surface area contributed by atoms with Crippen LogP contribution in [0, 0.1) is 0 Å². The summed E-state index contributed by atoms with van der Waals surface area (Å²) in [4.78, 5) is 19.2. The summed E-state index contributed by atoms with van der Waals surface area (Å²) in [5.41, 5.74) is -0.444. The van der Waals surface area contributed by atoms with Crippen molar-refractivity contribution < 1.29 is 18.7 Å². The van der Waals surface area contributed by atoms with Crippen molar-refractivity contribution in [3.63, 3.8) is 0 Å². The minimum atomic E-state index is -0.222. The second kappa shape index (κ2) is 1.54. The fraction of sp³-hybridized carbons (Fsp3) is 0. The minimum Gasteiger partial charge on any atom is -0.272 e. The van der Waals surface area contributed by atoms with Crippen molar-refractivity contribution in [2.45, 2.75) is 0 Å². The predicted octanol–water partition coefficient (Wildman–Crippen LogP) is -2.12. The highest BCUT2D eigenvalue weighted by Gasteiger charge is 1.94. The highest BCUT2D eigenvalue weighted by molar-refractivity contribution is 5.49. The molecule has 0 radical (unpaired) electrons. The lowest BCUT2D eigenvalue weighted by molar-refractivity contribution is -0.0337. The molecule has 0 saturated heterocycles. The Bertz CT molecular complexity index is 283. The second-order valence-corrected chi connectivity index (χ2v) is 1.03. The van der Waals surface area contributed by atoms with E-state index in [1.807, 2.05) is 0 Å². The molecule has 0 fully saturated rings. The molecule has 4 heteroatoms. The zero-order chi connectivity index (χ0) is 5.98. The topological polar surface area (TPSA) is 60.4 Å². The zero-order valence-electron chi connectivity index (χ0n) is 3.63.